The molecule has 0 bridgehead atoms. The number of carbonyl (C=O) groups excluding carboxylic acids is 2. The van der Waals surface area contributed by atoms with Crippen molar-refractivity contribution in [1.29, 1.82) is 0 Å². The summed E-state index contributed by atoms with van der Waals surface area (Å²) in [5.41, 5.74) is 2.17. The predicted octanol–water partition coefficient (Wildman–Crippen LogP) is 2.73. The summed E-state index contributed by atoms with van der Waals surface area (Å²) in [4.78, 5) is 27.2. The molecule has 1 aromatic heterocycles. The summed E-state index contributed by atoms with van der Waals surface area (Å²) >= 11 is 0. The monoisotopic (exact) mass is 280 g/mol. The van der Waals surface area contributed by atoms with Gasteiger partial charge in [-0.05, 0) is 46.6 Å². The third-order valence-electron chi connectivity index (χ3n) is 3.20. The highest BCUT2D eigenvalue weighted by molar-refractivity contribution is 6.00. The normalized spacial score (nSPS) is 12.3. The molecule has 1 aromatic rings. The van der Waals surface area contributed by atoms with Gasteiger partial charge in [0.2, 0.25) is 0 Å². The van der Waals surface area contributed by atoms with Gasteiger partial charge in [-0.1, -0.05) is 6.92 Å². The Labute approximate surface area is 120 Å². The molecule has 0 radical (unpaired) electrons. The highest BCUT2D eigenvalue weighted by atomic mass is 16.5. The molecule has 5 nitrogen and oxygen atoms in total. The Hall–Kier alpha value is -1.78. The lowest BCUT2D eigenvalue weighted by Gasteiger charge is -2.11. The number of rotatable bonds is 5. The number of ether oxygens (including phenoxy) is 1. The van der Waals surface area contributed by atoms with Crippen LogP contribution in [0.25, 0.3) is 0 Å². The molecule has 1 amide bonds. The fourth-order valence-electron chi connectivity index (χ4n) is 1.95. The average Bonchev–Trinajstić information content (AvgIpc) is 2.63. The van der Waals surface area contributed by atoms with Gasteiger partial charge in [0.1, 0.15) is 5.69 Å². The maximum Gasteiger partial charge on any atom is 0.340 e. The van der Waals surface area contributed by atoms with Crippen molar-refractivity contribution in [2.75, 3.05) is 0 Å². The van der Waals surface area contributed by atoms with Crippen LogP contribution in [0.15, 0.2) is 0 Å². The van der Waals surface area contributed by atoms with Gasteiger partial charge in [-0.25, -0.2) is 4.79 Å². The van der Waals surface area contributed by atoms with Crippen molar-refractivity contribution in [3.8, 4) is 0 Å². The second-order valence-corrected chi connectivity index (χ2v) is 5.36. The Kier molecular flexibility index (Phi) is 5.36. The number of hydrogen-bond donors (Lipinski definition) is 2. The summed E-state index contributed by atoms with van der Waals surface area (Å²) in [6, 6.07) is 0.0940. The molecule has 112 valence electrons. The van der Waals surface area contributed by atoms with Crippen LogP contribution in [-0.2, 0) is 4.74 Å². The minimum atomic E-state index is -0.395. The number of hydrogen-bond acceptors (Lipinski definition) is 3. The first-order chi connectivity index (χ1) is 9.27. The molecule has 0 aliphatic carbocycles. The molecule has 0 saturated carbocycles. The van der Waals surface area contributed by atoms with Crippen molar-refractivity contribution < 1.29 is 14.3 Å². The van der Waals surface area contributed by atoms with E-state index in [0.29, 0.717) is 22.5 Å². The van der Waals surface area contributed by atoms with Crippen LogP contribution < -0.4 is 5.32 Å². The van der Waals surface area contributed by atoms with Gasteiger partial charge in [-0.15, -0.1) is 0 Å². The molecule has 0 aliphatic rings. The highest BCUT2D eigenvalue weighted by Gasteiger charge is 2.23. The smallest absolute Gasteiger partial charge is 0.340 e. The summed E-state index contributed by atoms with van der Waals surface area (Å²) < 4.78 is 5.20. The molecular weight excluding hydrogens is 256 g/mol. The van der Waals surface area contributed by atoms with Crippen LogP contribution >= 0.6 is 0 Å². The van der Waals surface area contributed by atoms with E-state index in [-0.39, 0.29) is 18.1 Å². The molecule has 0 saturated heterocycles. The second kappa shape index (κ2) is 6.59. The second-order valence-electron chi connectivity index (χ2n) is 5.36. The number of amides is 1. The van der Waals surface area contributed by atoms with E-state index < -0.39 is 5.97 Å². The zero-order valence-corrected chi connectivity index (χ0v) is 13.1. The molecule has 0 spiro atoms. The van der Waals surface area contributed by atoms with Crippen LogP contribution in [0.2, 0.25) is 0 Å². The third-order valence-corrected chi connectivity index (χ3v) is 3.20. The molecule has 1 atom stereocenters. The van der Waals surface area contributed by atoms with Crippen molar-refractivity contribution in [2.45, 2.75) is 60.1 Å². The van der Waals surface area contributed by atoms with Crippen LogP contribution in [0, 0.1) is 13.8 Å². The minimum Gasteiger partial charge on any atom is -0.459 e. The quantitative estimate of drug-likeness (QED) is 0.815. The number of aryl methyl sites for hydroxylation is 1. The van der Waals surface area contributed by atoms with Crippen LogP contribution in [0.4, 0.5) is 0 Å². The topological polar surface area (TPSA) is 71.2 Å². The van der Waals surface area contributed by atoms with Gasteiger partial charge in [-0.2, -0.15) is 0 Å². The van der Waals surface area contributed by atoms with Gasteiger partial charge in [0.15, 0.2) is 0 Å². The van der Waals surface area contributed by atoms with Crippen LogP contribution in [0.5, 0.6) is 0 Å². The van der Waals surface area contributed by atoms with E-state index >= 15 is 0 Å². The molecule has 0 aromatic carbocycles. The first-order valence-corrected chi connectivity index (χ1v) is 6.98. The zero-order valence-electron chi connectivity index (χ0n) is 13.1. The summed E-state index contributed by atoms with van der Waals surface area (Å²) in [6.07, 6.45) is 0.667. The number of aromatic amines is 1. The van der Waals surface area contributed by atoms with Gasteiger partial charge in [0, 0.05) is 11.7 Å². The van der Waals surface area contributed by atoms with Crippen molar-refractivity contribution in [1.82, 2.24) is 10.3 Å². The standard InChI is InChI=1S/C15H24N2O3/c1-7-9(4)16-14(18)13-10(5)12(11(6)17-13)15(19)20-8(2)3/h8-9,17H,7H2,1-6H3,(H,16,18). The zero-order chi connectivity index (χ0) is 15.4. The molecule has 2 N–H and O–H groups in total. The van der Waals surface area contributed by atoms with E-state index in [0.717, 1.165) is 6.42 Å². The largest absolute Gasteiger partial charge is 0.459 e. The Balaban J connectivity index is 3.02. The lowest BCUT2D eigenvalue weighted by atomic mass is 10.1. The summed E-state index contributed by atoms with van der Waals surface area (Å²) in [5, 5.41) is 2.88. The van der Waals surface area contributed by atoms with E-state index in [2.05, 4.69) is 10.3 Å². The Bertz CT molecular complexity index is 503. The van der Waals surface area contributed by atoms with Gasteiger partial charge in [0.05, 0.1) is 11.7 Å². The fraction of sp³-hybridized carbons (Fsp3) is 0.600. The van der Waals surface area contributed by atoms with Gasteiger partial charge in [0.25, 0.3) is 5.91 Å². The number of carbonyl (C=O) groups is 2. The molecule has 1 heterocycles. The van der Waals surface area contributed by atoms with Crippen LogP contribution in [0.1, 0.15) is 66.2 Å². The molecule has 20 heavy (non-hydrogen) atoms. The number of H-pyrrole nitrogens is 1. The van der Waals surface area contributed by atoms with Crippen molar-refractivity contribution in [3.05, 3.63) is 22.5 Å². The number of esters is 1. The lowest BCUT2D eigenvalue weighted by Crippen LogP contribution is -2.32. The van der Waals surface area contributed by atoms with Gasteiger partial charge < -0.3 is 15.0 Å². The van der Waals surface area contributed by atoms with Crippen LogP contribution in [0.3, 0.4) is 0 Å². The van der Waals surface area contributed by atoms with E-state index in [1.165, 1.54) is 0 Å². The van der Waals surface area contributed by atoms with Gasteiger partial charge >= 0.3 is 5.97 Å². The third kappa shape index (κ3) is 3.62. The fourth-order valence-corrected chi connectivity index (χ4v) is 1.95. The summed E-state index contributed by atoms with van der Waals surface area (Å²) in [6.45, 7) is 11.1. The van der Waals surface area contributed by atoms with Crippen LogP contribution in [-0.4, -0.2) is 29.0 Å². The molecule has 0 fully saturated rings. The number of nitrogens with one attached hydrogen (secondary N) is 2. The minimum absolute atomic E-state index is 0.0940. The van der Waals surface area contributed by atoms with Crippen molar-refractivity contribution in [3.63, 3.8) is 0 Å². The number of aromatic nitrogens is 1. The SMILES string of the molecule is CCC(C)NC(=O)c1[nH]c(C)c(C(=O)OC(C)C)c1C. The predicted molar refractivity (Wildman–Crippen MR) is 78.0 cm³/mol. The highest BCUT2D eigenvalue weighted by Crippen LogP contribution is 2.19. The Morgan fingerprint density at radius 2 is 1.85 bits per heavy atom. The first kappa shape index (κ1) is 16.3. The molecule has 1 rings (SSSR count). The maximum absolute atomic E-state index is 12.2. The molecule has 1 unspecified atom stereocenters. The Morgan fingerprint density at radius 1 is 1.25 bits per heavy atom. The molecule has 0 aliphatic heterocycles. The molecular formula is C15H24N2O3. The first-order valence-electron chi connectivity index (χ1n) is 6.98. The maximum atomic E-state index is 12.2. The van der Waals surface area contributed by atoms with Gasteiger partial charge in [-0.3, -0.25) is 4.79 Å². The summed E-state index contributed by atoms with van der Waals surface area (Å²) in [5.74, 6) is -0.586. The van der Waals surface area contributed by atoms with E-state index in [9.17, 15) is 9.59 Å². The van der Waals surface area contributed by atoms with E-state index in [1.807, 2.05) is 13.8 Å². The lowest BCUT2D eigenvalue weighted by molar-refractivity contribution is 0.0376. The van der Waals surface area contributed by atoms with Crippen molar-refractivity contribution in [2.24, 2.45) is 0 Å². The van der Waals surface area contributed by atoms with E-state index in [1.54, 1.807) is 27.7 Å². The average molecular weight is 280 g/mol. The van der Waals surface area contributed by atoms with E-state index in [4.69, 9.17) is 4.74 Å². The van der Waals surface area contributed by atoms with Crippen molar-refractivity contribution >= 4 is 11.9 Å². The molecule has 5 heteroatoms. The Morgan fingerprint density at radius 3 is 2.35 bits per heavy atom. The summed E-state index contributed by atoms with van der Waals surface area (Å²) in [7, 11) is 0.